The lowest BCUT2D eigenvalue weighted by molar-refractivity contribution is -0.125. The van der Waals surface area contributed by atoms with Gasteiger partial charge in [-0.15, -0.1) is 0 Å². The number of amides is 1. The third kappa shape index (κ3) is 3.29. The van der Waals surface area contributed by atoms with E-state index in [-0.39, 0.29) is 18.3 Å². The molecule has 0 radical (unpaired) electrons. The Hall–Kier alpha value is -3.00. The fraction of sp³-hybridized carbons (Fsp3) is 0.118. The van der Waals surface area contributed by atoms with Crippen LogP contribution in [0.15, 0.2) is 48.5 Å². The maximum atomic E-state index is 13.0. The molecule has 126 valence electrons. The van der Waals surface area contributed by atoms with Gasteiger partial charge in [-0.1, -0.05) is 12.1 Å². The van der Waals surface area contributed by atoms with E-state index < -0.39 is 6.10 Å². The number of rotatable bonds is 3. The van der Waals surface area contributed by atoms with Gasteiger partial charge in [0, 0.05) is 17.1 Å². The lowest BCUT2D eigenvalue weighted by atomic mass is 10.2. The van der Waals surface area contributed by atoms with E-state index in [2.05, 4.69) is 14.7 Å². The highest BCUT2D eigenvalue weighted by molar-refractivity contribution is 7.10. The molecule has 1 aliphatic heterocycles. The summed E-state index contributed by atoms with van der Waals surface area (Å²) in [5.41, 5.74) is 0.671. The molecule has 0 bridgehead atoms. The Bertz CT molecular complexity index is 914. The van der Waals surface area contributed by atoms with Crippen LogP contribution in [-0.2, 0) is 4.79 Å². The van der Waals surface area contributed by atoms with E-state index in [0.717, 1.165) is 11.5 Å². The van der Waals surface area contributed by atoms with Crippen LogP contribution < -0.4 is 14.8 Å². The van der Waals surface area contributed by atoms with E-state index in [0.29, 0.717) is 28.0 Å². The summed E-state index contributed by atoms with van der Waals surface area (Å²) < 4.78 is 28.3. The van der Waals surface area contributed by atoms with Crippen molar-refractivity contribution in [1.29, 1.82) is 0 Å². The molecule has 0 unspecified atom stereocenters. The lowest BCUT2D eigenvalue weighted by Gasteiger charge is -2.25. The highest BCUT2D eigenvalue weighted by Crippen LogP contribution is 2.31. The molecule has 0 saturated carbocycles. The van der Waals surface area contributed by atoms with Crippen molar-refractivity contribution in [2.24, 2.45) is 0 Å². The number of benzene rings is 2. The van der Waals surface area contributed by atoms with Crippen molar-refractivity contribution in [1.82, 2.24) is 9.36 Å². The Morgan fingerprint density at radius 1 is 1.16 bits per heavy atom. The first-order chi connectivity index (χ1) is 12.2. The van der Waals surface area contributed by atoms with Gasteiger partial charge in [0.15, 0.2) is 17.3 Å². The van der Waals surface area contributed by atoms with Crippen LogP contribution in [0.4, 0.5) is 9.52 Å². The van der Waals surface area contributed by atoms with Crippen molar-refractivity contribution in [3.8, 4) is 22.9 Å². The van der Waals surface area contributed by atoms with E-state index in [1.54, 1.807) is 24.3 Å². The van der Waals surface area contributed by atoms with Gasteiger partial charge in [-0.05, 0) is 36.4 Å². The van der Waals surface area contributed by atoms with Gasteiger partial charge in [-0.25, -0.2) is 4.39 Å². The molecule has 4 rings (SSSR count). The lowest BCUT2D eigenvalue weighted by Crippen LogP contribution is -2.40. The number of fused-ring (bicyclic) bond motifs is 1. The van der Waals surface area contributed by atoms with Crippen LogP contribution in [0.5, 0.6) is 11.5 Å². The van der Waals surface area contributed by atoms with E-state index in [9.17, 15) is 9.18 Å². The highest BCUT2D eigenvalue weighted by atomic mass is 32.1. The van der Waals surface area contributed by atoms with Gasteiger partial charge in [0.05, 0.1) is 0 Å². The van der Waals surface area contributed by atoms with Gasteiger partial charge in [-0.2, -0.15) is 9.36 Å². The molecule has 0 fully saturated rings. The molecule has 2 aromatic carbocycles. The van der Waals surface area contributed by atoms with Crippen LogP contribution in [0.2, 0.25) is 0 Å². The van der Waals surface area contributed by atoms with Gasteiger partial charge in [-0.3, -0.25) is 10.1 Å². The number of nitrogens with zero attached hydrogens (tertiary/aromatic N) is 2. The molecule has 1 atom stereocenters. The summed E-state index contributed by atoms with van der Waals surface area (Å²) in [5, 5.41) is 3.01. The first-order valence-electron chi connectivity index (χ1n) is 7.48. The predicted octanol–water partition coefficient (Wildman–Crippen LogP) is 3.12. The molecule has 1 amide bonds. The Morgan fingerprint density at radius 3 is 2.72 bits per heavy atom. The van der Waals surface area contributed by atoms with Crippen molar-refractivity contribution in [3.05, 3.63) is 54.3 Å². The third-order valence-electron chi connectivity index (χ3n) is 3.56. The zero-order valence-corrected chi connectivity index (χ0v) is 13.6. The number of ether oxygens (including phenoxy) is 2. The van der Waals surface area contributed by atoms with Gasteiger partial charge in [0.25, 0.3) is 5.91 Å². The van der Waals surface area contributed by atoms with Crippen LogP contribution in [0, 0.1) is 5.82 Å². The minimum atomic E-state index is -0.770. The standard InChI is InChI=1S/C17H12FN3O3S/c18-11-7-5-10(6-8-11)15-19-17(25-21-15)20-16(22)14-9-23-12-3-1-2-4-13(12)24-14/h1-8,14H,9H2,(H,19,20,21,22)/t14-/m1/s1. The number of para-hydroxylation sites is 2. The van der Waals surface area contributed by atoms with Crippen molar-refractivity contribution in [3.63, 3.8) is 0 Å². The van der Waals surface area contributed by atoms with Crippen LogP contribution >= 0.6 is 11.5 Å². The molecule has 25 heavy (non-hydrogen) atoms. The number of hydrogen-bond donors (Lipinski definition) is 1. The number of hydrogen-bond acceptors (Lipinski definition) is 6. The molecule has 6 nitrogen and oxygen atoms in total. The van der Waals surface area contributed by atoms with Gasteiger partial charge in [0.2, 0.25) is 11.2 Å². The summed E-state index contributed by atoms with van der Waals surface area (Å²) >= 11 is 1.04. The van der Waals surface area contributed by atoms with E-state index in [1.165, 1.54) is 12.1 Å². The van der Waals surface area contributed by atoms with Crippen LogP contribution in [0.3, 0.4) is 0 Å². The molecular weight excluding hydrogens is 345 g/mol. The first kappa shape index (κ1) is 15.5. The van der Waals surface area contributed by atoms with Crippen molar-refractivity contribution in [2.45, 2.75) is 6.10 Å². The van der Waals surface area contributed by atoms with Crippen LogP contribution in [0.1, 0.15) is 0 Å². The Morgan fingerprint density at radius 2 is 1.92 bits per heavy atom. The monoisotopic (exact) mass is 357 g/mol. The molecule has 2 heterocycles. The second-order valence-electron chi connectivity index (χ2n) is 5.28. The van der Waals surface area contributed by atoms with Crippen LogP contribution in [-0.4, -0.2) is 28.0 Å². The maximum Gasteiger partial charge on any atom is 0.270 e. The largest absolute Gasteiger partial charge is 0.485 e. The van der Waals surface area contributed by atoms with Gasteiger partial charge >= 0.3 is 0 Å². The summed E-state index contributed by atoms with van der Waals surface area (Å²) in [7, 11) is 0. The summed E-state index contributed by atoms with van der Waals surface area (Å²) in [4.78, 5) is 16.6. The second-order valence-corrected chi connectivity index (χ2v) is 6.04. The number of aromatic nitrogens is 2. The number of carbonyl (C=O) groups excluding carboxylic acids is 1. The molecule has 1 aromatic heterocycles. The van der Waals surface area contributed by atoms with Crippen molar-refractivity contribution in [2.75, 3.05) is 11.9 Å². The number of carbonyl (C=O) groups is 1. The summed E-state index contributed by atoms with van der Waals surface area (Å²) in [5.74, 6) is 0.865. The second kappa shape index (κ2) is 6.48. The Kier molecular flexibility index (Phi) is 4.02. The Labute approximate surface area is 146 Å². The maximum absolute atomic E-state index is 13.0. The third-order valence-corrected chi connectivity index (χ3v) is 4.19. The molecule has 0 aliphatic carbocycles. The molecule has 0 spiro atoms. The van der Waals surface area contributed by atoms with Gasteiger partial charge < -0.3 is 9.47 Å². The SMILES string of the molecule is O=C(Nc1nc(-c2ccc(F)cc2)ns1)[C@H]1COc2ccccc2O1. The summed E-state index contributed by atoms with van der Waals surface area (Å²) in [6.07, 6.45) is -0.770. The highest BCUT2D eigenvalue weighted by Gasteiger charge is 2.28. The molecule has 1 N–H and O–H groups in total. The smallest absolute Gasteiger partial charge is 0.270 e. The topological polar surface area (TPSA) is 73.3 Å². The minimum Gasteiger partial charge on any atom is -0.485 e. The average molecular weight is 357 g/mol. The van der Waals surface area contributed by atoms with E-state index in [1.807, 2.05) is 12.1 Å². The Balaban J connectivity index is 1.44. The quantitative estimate of drug-likeness (QED) is 0.780. The predicted molar refractivity (Wildman–Crippen MR) is 90.3 cm³/mol. The zero-order valence-electron chi connectivity index (χ0n) is 12.8. The minimum absolute atomic E-state index is 0.118. The molecule has 0 saturated heterocycles. The van der Waals surface area contributed by atoms with Crippen molar-refractivity contribution < 1.29 is 18.7 Å². The number of halogens is 1. The number of anilines is 1. The fourth-order valence-corrected chi connectivity index (χ4v) is 2.92. The van der Waals surface area contributed by atoms with E-state index >= 15 is 0 Å². The van der Waals surface area contributed by atoms with Gasteiger partial charge in [0.1, 0.15) is 12.4 Å². The van der Waals surface area contributed by atoms with Crippen LogP contribution in [0.25, 0.3) is 11.4 Å². The fourth-order valence-electron chi connectivity index (χ4n) is 2.33. The number of nitrogens with one attached hydrogen (secondary N) is 1. The summed E-state index contributed by atoms with van der Waals surface area (Å²) in [6, 6.07) is 13.0. The molecular formula is C17H12FN3O3S. The first-order valence-corrected chi connectivity index (χ1v) is 8.25. The van der Waals surface area contributed by atoms with Crippen molar-refractivity contribution >= 4 is 22.6 Å². The zero-order chi connectivity index (χ0) is 17.2. The molecule has 1 aliphatic rings. The molecule has 3 aromatic rings. The van der Waals surface area contributed by atoms with E-state index in [4.69, 9.17) is 9.47 Å². The summed E-state index contributed by atoms with van der Waals surface area (Å²) in [6.45, 7) is 0.118. The molecule has 8 heteroatoms. The normalized spacial score (nSPS) is 15.6. The average Bonchev–Trinajstić information content (AvgIpc) is 3.10.